The SMILES string of the molecule is O=C(NC1(c2ccccc2)CC1)N1CC[NH+](Cc2ccccc2)CC1. The van der Waals surface area contributed by atoms with E-state index in [0.29, 0.717) is 0 Å². The van der Waals surface area contributed by atoms with Crippen LogP contribution in [0.4, 0.5) is 4.79 Å². The Morgan fingerprint density at radius 1 is 0.960 bits per heavy atom. The van der Waals surface area contributed by atoms with Crippen molar-refractivity contribution < 1.29 is 9.69 Å². The number of rotatable bonds is 4. The Hall–Kier alpha value is -2.33. The number of hydrogen-bond acceptors (Lipinski definition) is 1. The summed E-state index contributed by atoms with van der Waals surface area (Å²) in [5, 5.41) is 3.30. The first-order valence-corrected chi connectivity index (χ1v) is 9.25. The second-order valence-electron chi connectivity index (χ2n) is 7.28. The van der Waals surface area contributed by atoms with E-state index in [4.69, 9.17) is 0 Å². The van der Waals surface area contributed by atoms with Crippen LogP contribution in [-0.4, -0.2) is 37.1 Å². The van der Waals surface area contributed by atoms with Gasteiger partial charge >= 0.3 is 6.03 Å². The fourth-order valence-corrected chi connectivity index (χ4v) is 3.74. The van der Waals surface area contributed by atoms with Crippen LogP contribution in [-0.2, 0) is 12.1 Å². The Morgan fingerprint density at radius 2 is 1.56 bits per heavy atom. The van der Waals surface area contributed by atoms with E-state index in [-0.39, 0.29) is 11.6 Å². The largest absolute Gasteiger partial charge is 0.328 e. The van der Waals surface area contributed by atoms with E-state index in [1.807, 2.05) is 23.1 Å². The molecule has 4 heteroatoms. The molecule has 0 aromatic heterocycles. The Balaban J connectivity index is 1.30. The van der Waals surface area contributed by atoms with Gasteiger partial charge in [-0.05, 0) is 18.4 Å². The van der Waals surface area contributed by atoms with Gasteiger partial charge in [0.2, 0.25) is 0 Å². The molecule has 0 atom stereocenters. The highest BCUT2D eigenvalue weighted by Crippen LogP contribution is 2.45. The summed E-state index contributed by atoms with van der Waals surface area (Å²) in [6.07, 6.45) is 2.09. The predicted octanol–water partition coefficient (Wildman–Crippen LogP) is 1.79. The van der Waals surface area contributed by atoms with Gasteiger partial charge in [-0.2, -0.15) is 0 Å². The average Bonchev–Trinajstić information content (AvgIpc) is 3.45. The Kier molecular flexibility index (Phi) is 4.45. The van der Waals surface area contributed by atoms with Crippen LogP contribution in [0.1, 0.15) is 24.0 Å². The lowest BCUT2D eigenvalue weighted by molar-refractivity contribution is -0.917. The molecule has 0 unspecified atom stereocenters. The molecule has 1 aliphatic heterocycles. The third-order valence-electron chi connectivity index (χ3n) is 5.48. The molecule has 2 N–H and O–H groups in total. The van der Waals surface area contributed by atoms with Gasteiger partial charge in [0.25, 0.3) is 0 Å². The molecule has 130 valence electrons. The minimum atomic E-state index is -0.119. The van der Waals surface area contributed by atoms with Crippen molar-refractivity contribution in [3.8, 4) is 0 Å². The predicted molar refractivity (Wildman–Crippen MR) is 98.3 cm³/mol. The molecule has 1 saturated carbocycles. The van der Waals surface area contributed by atoms with Gasteiger partial charge in [-0.15, -0.1) is 0 Å². The fraction of sp³-hybridized carbons (Fsp3) is 0.381. The Labute approximate surface area is 149 Å². The van der Waals surface area contributed by atoms with Gasteiger partial charge in [-0.3, -0.25) is 0 Å². The van der Waals surface area contributed by atoms with Crippen molar-refractivity contribution in [1.29, 1.82) is 0 Å². The molecule has 2 aromatic rings. The molecule has 1 saturated heterocycles. The minimum absolute atomic E-state index is 0.0973. The van der Waals surface area contributed by atoms with Gasteiger partial charge in [0, 0.05) is 5.56 Å². The zero-order valence-corrected chi connectivity index (χ0v) is 14.6. The lowest BCUT2D eigenvalue weighted by Crippen LogP contribution is -3.13. The lowest BCUT2D eigenvalue weighted by Gasteiger charge is -2.33. The minimum Gasteiger partial charge on any atom is -0.328 e. The van der Waals surface area contributed by atoms with Gasteiger partial charge in [-0.1, -0.05) is 60.7 Å². The van der Waals surface area contributed by atoms with Crippen LogP contribution in [0.3, 0.4) is 0 Å². The van der Waals surface area contributed by atoms with Crippen molar-refractivity contribution in [1.82, 2.24) is 10.2 Å². The van der Waals surface area contributed by atoms with Crippen LogP contribution in [0.2, 0.25) is 0 Å². The van der Waals surface area contributed by atoms with Crippen LogP contribution >= 0.6 is 0 Å². The molecule has 25 heavy (non-hydrogen) atoms. The third kappa shape index (κ3) is 3.69. The second-order valence-corrected chi connectivity index (χ2v) is 7.28. The summed E-state index contributed by atoms with van der Waals surface area (Å²) in [4.78, 5) is 16.2. The summed E-state index contributed by atoms with van der Waals surface area (Å²) in [7, 11) is 0. The van der Waals surface area contributed by atoms with Crippen LogP contribution in [0, 0.1) is 0 Å². The number of benzene rings is 2. The summed E-state index contributed by atoms with van der Waals surface area (Å²) in [6, 6.07) is 21.1. The van der Waals surface area contributed by atoms with E-state index in [0.717, 1.165) is 45.6 Å². The second kappa shape index (κ2) is 6.89. The van der Waals surface area contributed by atoms with E-state index in [9.17, 15) is 4.79 Å². The smallest absolute Gasteiger partial charge is 0.318 e. The molecule has 0 radical (unpaired) electrons. The lowest BCUT2D eigenvalue weighted by atomic mass is 10.1. The van der Waals surface area contributed by atoms with Crippen LogP contribution < -0.4 is 10.2 Å². The Bertz CT molecular complexity index is 704. The third-order valence-corrected chi connectivity index (χ3v) is 5.48. The summed E-state index contributed by atoms with van der Waals surface area (Å²) in [5.74, 6) is 0. The first-order chi connectivity index (χ1) is 12.3. The normalized spacial score (nSPS) is 19.4. The van der Waals surface area contributed by atoms with Crippen molar-refractivity contribution in [2.45, 2.75) is 24.9 Å². The van der Waals surface area contributed by atoms with Crippen molar-refractivity contribution >= 4 is 6.03 Å². The van der Waals surface area contributed by atoms with E-state index < -0.39 is 0 Å². The topological polar surface area (TPSA) is 36.8 Å². The van der Waals surface area contributed by atoms with Gasteiger partial charge in [-0.25, -0.2) is 4.79 Å². The number of hydrogen-bond donors (Lipinski definition) is 2. The number of urea groups is 1. The molecule has 4 nitrogen and oxygen atoms in total. The zero-order valence-electron chi connectivity index (χ0n) is 14.6. The maximum absolute atomic E-state index is 12.7. The molecular formula is C21H26N3O+. The van der Waals surface area contributed by atoms with Crippen LogP contribution in [0.25, 0.3) is 0 Å². The molecular weight excluding hydrogens is 310 g/mol. The number of carbonyl (C=O) groups excluding carboxylic acids is 1. The van der Waals surface area contributed by atoms with E-state index >= 15 is 0 Å². The summed E-state index contributed by atoms with van der Waals surface area (Å²) < 4.78 is 0. The van der Waals surface area contributed by atoms with Crippen molar-refractivity contribution in [3.05, 3.63) is 71.8 Å². The van der Waals surface area contributed by atoms with Crippen LogP contribution in [0.5, 0.6) is 0 Å². The highest BCUT2D eigenvalue weighted by Gasteiger charge is 2.46. The number of piperazine rings is 1. The van der Waals surface area contributed by atoms with Gasteiger partial charge in [0.1, 0.15) is 6.54 Å². The molecule has 4 rings (SSSR count). The molecule has 1 heterocycles. The number of nitrogens with one attached hydrogen (secondary N) is 2. The van der Waals surface area contributed by atoms with Gasteiger partial charge in [0.05, 0.1) is 31.7 Å². The van der Waals surface area contributed by atoms with E-state index in [2.05, 4.69) is 47.8 Å². The van der Waals surface area contributed by atoms with Gasteiger partial charge < -0.3 is 15.1 Å². The number of amides is 2. The van der Waals surface area contributed by atoms with Crippen molar-refractivity contribution in [3.63, 3.8) is 0 Å². The summed E-state index contributed by atoms with van der Waals surface area (Å²) in [6.45, 7) is 4.74. The molecule has 0 bridgehead atoms. The van der Waals surface area contributed by atoms with E-state index in [1.54, 1.807) is 4.90 Å². The number of quaternary nitrogens is 1. The number of carbonyl (C=O) groups is 1. The zero-order chi connectivity index (χ0) is 17.1. The molecule has 0 spiro atoms. The van der Waals surface area contributed by atoms with Crippen molar-refractivity contribution in [2.24, 2.45) is 0 Å². The first-order valence-electron chi connectivity index (χ1n) is 9.25. The fourth-order valence-electron chi connectivity index (χ4n) is 3.74. The molecule has 2 aliphatic rings. The highest BCUT2D eigenvalue weighted by atomic mass is 16.2. The standard InChI is InChI=1S/C21H25N3O/c25-20(22-21(11-12-21)19-9-5-2-6-10-19)24-15-13-23(14-16-24)17-18-7-3-1-4-8-18/h1-10H,11-17H2,(H,22,25)/p+1. The van der Waals surface area contributed by atoms with Crippen molar-refractivity contribution in [2.75, 3.05) is 26.2 Å². The quantitative estimate of drug-likeness (QED) is 0.877. The summed E-state index contributed by atoms with van der Waals surface area (Å²) in [5.41, 5.74) is 2.49. The maximum atomic E-state index is 12.7. The molecule has 2 amide bonds. The van der Waals surface area contributed by atoms with E-state index in [1.165, 1.54) is 11.1 Å². The summed E-state index contributed by atoms with van der Waals surface area (Å²) >= 11 is 0. The molecule has 2 fully saturated rings. The first kappa shape index (κ1) is 16.2. The monoisotopic (exact) mass is 336 g/mol. The van der Waals surface area contributed by atoms with Gasteiger partial charge in [0.15, 0.2) is 0 Å². The number of nitrogens with zero attached hydrogens (tertiary/aromatic N) is 1. The maximum Gasteiger partial charge on any atom is 0.318 e. The Morgan fingerprint density at radius 3 is 2.16 bits per heavy atom. The highest BCUT2D eigenvalue weighted by molar-refractivity contribution is 5.76. The van der Waals surface area contributed by atoms with Crippen LogP contribution in [0.15, 0.2) is 60.7 Å². The molecule has 2 aromatic carbocycles. The molecule has 1 aliphatic carbocycles. The average molecular weight is 336 g/mol.